The highest BCUT2D eigenvalue weighted by atomic mass is 16.3. The van der Waals surface area contributed by atoms with Crippen LogP contribution in [-0.2, 0) is 28.8 Å². The second-order valence-corrected chi connectivity index (χ2v) is 12.3. The number of amides is 6. The van der Waals surface area contributed by atoms with Gasteiger partial charge in [0.1, 0.15) is 30.2 Å². The van der Waals surface area contributed by atoms with Crippen LogP contribution in [0.25, 0.3) is 0 Å². The summed E-state index contributed by atoms with van der Waals surface area (Å²) in [5, 5.41) is 32.3. The molecule has 19 heteroatoms. The maximum absolute atomic E-state index is 13.8. The van der Waals surface area contributed by atoms with Crippen LogP contribution in [0.2, 0.25) is 0 Å². The Bertz CT molecular complexity index is 1150. The van der Waals surface area contributed by atoms with Crippen LogP contribution in [0.1, 0.15) is 72.1 Å². The van der Waals surface area contributed by atoms with Crippen LogP contribution in [0.15, 0.2) is 4.99 Å². The SMILES string of the molecule is CCNC(=O)[C@@H]1CCCN1C(=O)[C@H](CCCN=C(N)N)NC(=O)[C@H](CCCCN)NC(=O)[C@H](CO)NC(=O)[C@H](CO)NC(=O)C(N)[C@@H](C)CC. The van der Waals surface area contributed by atoms with Gasteiger partial charge in [0.2, 0.25) is 35.4 Å². The molecule has 15 N–H and O–H groups in total. The normalized spacial score (nSPS) is 17.7. The van der Waals surface area contributed by atoms with Gasteiger partial charge in [-0.3, -0.25) is 33.8 Å². The van der Waals surface area contributed by atoms with Crippen molar-refractivity contribution in [1.82, 2.24) is 31.5 Å². The molecule has 0 aromatic carbocycles. The van der Waals surface area contributed by atoms with Crippen molar-refractivity contribution in [3.63, 3.8) is 0 Å². The van der Waals surface area contributed by atoms with Gasteiger partial charge in [0.25, 0.3) is 0 Å². The van der Waals surface area contributed by atoms with Crippen LogP contribution >= 0.6 is 0 Å². The lowest BCUT2D eigenvalue weighted by molar-refractivity contribution is -0.142. The van der Waals surface area contributed by atoms with Crippen molar-refractivity contribution in [2.75, 3.05) is 39.4 Å². The molecule has 1 rings (SSSR count). The van der Waals surface area contributed by atoms with Gasteiger partial charge in [-0.05, 0) is 64.3 Å². The molecule has 1 heterocycles. The smallest absolute Gasteiger partial charge is 0.245 e. The van der Waals surface area contributed by atoms with E-state index in [9.17, 15) is 39.0 Å². The number of aliphatic hydroxyl groups excluding tert-OH is 2. The Morgan fingerprint density at radius 2 is 1.36 bits per heavy atom. The number of nitrogens with zero attached hydrogens (tertiary/aromatic N) is 2. The summed E-state index contributed by atoms with van der Waals surface area (Å²) in [7, 11) is 0. The predicted molar refractivity (Wildman–Crippen MR) is 186 cm³/mol. The maximum atomic E-state index is 13.8. The molecule has 19 nitrogen and oxygen atoms in total. The van der Waals surface area contributed by atoms with Gasteiger partial charge in [-0.1, -0.05) is 20.3 Å². The number of likely N-dealkylation sites (tertiary alicyclic amines) is 1. The standard InChI is InChI=1S/C31H59N11O8/c1-4-18(3)24(33)29(49)41-22(17-44)27(47)40-21(16-43)26(46)38-19(10-6-7-13-32)25(45)39-20(11-8-14-37-31(34)35)30(50)42-15-9-12-23(42)28(48)36-5-2/h18-24,43-44H,4-17,32-33H2,1-3H3,(H,36,48)(H,38,46)(H,39,45)(H,40,47)(H,41,49)(H4,34,35,37)/t18-,19-,20-,21-,22-,23-,24?/m0/s1. The third-order valence-electron chi connectivity index (χ3n) is 8.52. The molecule has 7 atom stereocenters. The highest BCUT2D eigenvalue weighted by molar-refractivity contribution is 5.97. The van der Waals surface area contributed by atoms with E-state index >= 15 is 0 Å². The van der Waals surface area contributed by atoms with E-state index in [1.807, 2.05) is 6.92 Å². The van der Waals surface area contributed by atoms with Gasteiger partial charge >= 0.3 is 0 Å². The summed E-state index contributed by atoms with van der Waals surface area (Å²) in [6.07, 6.45) is 3.11. The van der Waals surface area contributed by atoms with Gasteiger partial charge < -0.3 is 64.6 Å². The molecule has 0 spiro atoms. The summed E-state index contributed by atoms with van der Waals surface area (Å²) >= 11 is 0. The fraction of sp³-hybridized carbons (Fsp3) is 0.774. The van der Waals surface area contributed by atoms with E-state index in [0.29, 0.717) is 58.2 Å². The third kappa shape index (κ3) is 14.4. The Hall–Kier alpha value is -4.07. The van der Waals surface area contributed by atoms with Crippen molar-refractivity contribution in [3.8, 4) is 0 Å². The summed E-state index contributed by atoms with van der Waals surface area (Å²) in [4.78, 5) is 84.2. The fourth-order valence-electron chi connectivity index (χ4n) is 5.30. The molecule has 1 aliphatic rings. The van der Waals surface area contributed by atoms with Gasteiger partial charge in [0, 0.05) is 19.6 Å². The number of carbonyl (C=O) groups excluding carboxylic acids is 6. The maximum Gasteiger partial charge on any atom is 0.245 e. The Morgan fingerprint density at radius 1 is 0.820 bits per heavy atom. The number of nitrogens with one attached hydrogen (secondary N) is 5. The summed E-state index contributed by atoms with van der Waals surface area (Å²) in [5.41, 5.74) is 22.4. The van der Waals surface area contributed by atoms with Gasteiger partial charge in [0.15, 0.2) is 5.96 Å². The molecule has 0 aliphatic carbocycles. The zero-order valence-corrected chi connectivity index (χ0v) is 29.5. The van der Waals surface area contributed by atoms with Crippen LogP contribution in [-0.4, -0.2) is 132 Å². The first-order valence-electron chi connectivity index (χ1n) is 17.3. The molecule has 50 heavy (non-hydrogen) atoms. The van der Waals surface area contributed by atoms with Crippen molar-refractivity contribution < 1.29 is 39.0 Å². The number of nitrogens with two attached hydrogens (primary N) is 4. The number of carbonyl (C=O) groups is 6. The number of hydrogen-bond acceptors (Lipinski definition) is 11. The average Bonchev–Trinajstić information content (AvgIpc) is 3.59. The van der Waals surface area contributed by atoms with E-state index in [-0.39, 0.29) is 37.2 Å². The number of rotatable bonds is 23. The minimum absolute atomic E-state index is 0.101. The first-order chi connectivity index (χ1) is 23.7. The van der Waals surface area contributed by atoms with Crippen LogP contribution in [0.4, 0.5) is 0 Å². The van der Waals surface area contributed by atoms with E-state index in [4.69, 9.17) is 22.9 Å². The van der Waals surface area contributed by atoms with Crippen LogP contribution in [0, 0.1) is 5.92 Å². The lowest BCUT2D eigenvalue weighted by atomic mass is 9.99. The summed E-state index contributed by atoms with van der Waals surface area (Å²) in [6, 6.07) is -6.99. The highest BCUT2D eigenvalue weighted by Crippen LogP contribution is 2.20. The van der Waals surface area contributed by atoms with Gasteiger partial charge in [0.05, 0.1) is 19.3 Å². The zero-order valence-electron chi connectivity index (χ0n) is 29.5. The van der Waals surface area contributed by atoms with E-state index < -0.39 is 79.0 Å². The molecule has 1 saturated heterocycles. The molecule has 0 saturated carbocycles. The highest BCUT2D eigenvalue weighted by Gasteiger charge is 2.38. The van der Waals surface area contributed by atoms with Gasteiger partial charge in [-0.15, -0.1) is 0 Å². The minimum Gasteiger partial charge on any atom is -0.394 e. The Kier molecular flexibility index (Phi) is 20.5. The van der Waals surface area contributed by atoms with Crippen molar-refractivity contribution in [2.24, 2.45) is 33.8 Å². The van der Waals surface area contributed by atoms with E-state index in [0.717, 1.165) is 0 Å². The van der Waals surface area contributed by atoms with E-state index in [2.05, 4.69) is 31.6 Å². The molecular formula is C31H59N11O8. The van der Waals surface area contributed by atoms with Crippen molar-refractivity contribution >= 4 is 41.4 Å². The summed E-state index contributed by atoms with van der Waals surface area (Å²) < 4.78 is 0. The average molecular weight is 714 g/mol. The quantitative estimate of drug-likeness (QED) is 0.0272. The second-order valence-electron chi connectivity index (χ2n) is 12.3. The largest absolute Gasteiger partial charge is 0.394 e. The number of guanidine groups is 1. The molecule has 0 radical (unpaired) electrons. The van der Waals surface area contributed by atoms with Crippen LogP contribution in [0.5, 0.6) is 0 Å². The van der Waals surface area contributed by atoms with Crippen molar-refractivity contribution in [1.29, 1.82) is 0 Å². The summed E-state index contributed by atoms with van der Waals surface area (Å²) in [6.45, 7) is 4.86. The lowest BCUT2D eigenvalue weighted by Crippen LogP contribution is -2.60. The number of unbranched alkanes of at least 4 members (excludes halogenated alkanes) is 1. The molecule has 0 bridgehead atoms. The second kappa shape index (κ2) is 23.4. The number of likely N-dealkylation sites (N-methyl/N-ethyl adjacent to an activating group) is 1. The third-order valence-corrected chi connectivity index (χ3v) is 8.52. The minimum atomic E-state index is -1.57. The Morgan fingerprint density at radius 3 is 1.90 bits per heavy atom. The zero-order chi connectivity index (χ0) is 37.8. The monoisotopic (exact) mass is 713 g/mol. The van der Waals surface area contributed by atoms with Gasteiger partial charge in [-0.2, -0.15) is 0 Å². The van der Waals surface area contributed by atoms with Crippen LogP contribution in [0.3, 0.4) is 0 Å². The van der Waals surface area contributed by atoms with Crippen molar-refractivity contribution in [2.45, 2.75) is 108 Å². The molecule has 0 aromatic heterocycles. The van der Waals surface area contributed by atoms with Crippen molar-refractivity contribution in [3.05, 3.63) is 0 Å². The fourth-order valence-corrected chi connectivity index (χ4v) is 5.30. The van der Waals surface area contributed by atoms with E-state index in [1.54, 1.807) is 13.8 Å². The lowest BCUT2D eigenvalue weighted by Gasteiger charge is -2.30. The summed E-state index contributed by atoms with van der Waals surface area (Å²) in [5.74, 6) is -4.40. The molecule has 286 valence electrons. The predicted octanol–water partition coefficient (Wildman–Crippen LogP) is -4.41. The number of aliphatic hydroxyl groups is 2. The first-order valence-corrected chi connectivity index (χ1v) is 17.3. The molecule has 0 aromatic rings. The number of aliphatic imine (C=N–C) groups is 1. The first kappa shape index (κ1) is 44.0. The molecule has 6 amide bonds. The van der Waals surface area contributed by atoms with Crippen LogP contribution < -0.4 is 49.5 Å². The topological polar surface area (TPSA) is 323 Å². The molecule has 1 fully saturated rings. The van der Waals surface area contributed by atoms with Gasteiger partial charge in [-0.25, -0.2) is 0 Å². The van der Waals surface area contributed by atoms with E-state index in [1.165, 1.54) is 4.90 Å². The molecular weight excluding hydrogens is 654 g/mol. The molecule has 1 aliphatic heterocycles. The molecule has 1 unspecified atom stereocenters. The Labute approximate surface area is 293 Å². The number of hydrogen-bond donors (Lipinski definition) is 11. The Balaban J connectivity index is 3.16.